The third-order valence-electron chi connectivity index (χ3n) is 3.01. The molecule has 0 aliphatic heterocycles. The summed E-state index contributed by atoms with van der Waals surface area (Å²) in [7, 11) is 0. The molecule has 112 valence electrons. The van der Waals surface area contributed by atoms with Gasteiger partial charge in [-0.05, 0) is 17.7 Å². The van der Waals surface area contributed by atoms with Crippen LogP contribution in [-0.2, 0) is 11.2 Å². The standard InChI is InChI=1S/C17H16N2O3/c1-2-10-18-16(20)14(12-13-7-4-3-5-8-13)19-17(21)15-9-6-11-22-15/h1,3-9,11,14H,10,12H2,(H,18,20)(H,19,21)/t14-/m1/s1. The molecule has 2 amide bonds. The van der Waals surface area contributed by atoms with Crippen molar-refractivity contribution >= 4 is 11.8 Å². The van der Waals surface area contributed by atoms with Gasteiger partial charge in [-0.15, -0.1) is 6.42 Å². The number of hydrogen-bond donors (Lipinski definition) is 2. The lowest BCUT2D eigenvalue weighted by atomic mass is 10.1. The van der Waals surface area contributed by atoms with E-state index >= 15 is 0 Å². The van der Waals surface area contributed by atoms with Gasteiger partial charge in [0.25, 0.3) is 5.91 Å². The van der Waals surface area contributed by atoms with Gasteiger partial charge in [-0.2, -0.15) is 0 Å². The van der Waals surface area contributed by atoms with E-state index in [1.54, 1.807) is 6.07 Å². The zero-order valence-corrected chi connectivity index (χ0v) is 11.9. The third-order valence-corrected chi connectivity index (χ3v) is 3.01. The van der Waals surface area contributed by atoms with Crippen LogP contribution in [0.3, 0.4) is 0 Å². The Balaban J connectivity index is 2.09. The minimum atomic E-state index is -0.728. The van der Waals surface area contributed by atoms with Crippen LogP contribution in [0, 0.1) is 12.3 Å². The molecule has 1 atom stereocenters. The van der Waals surface area contributed by atoms with Gasteiger partial charge in [0.15, 0.2) is 5.76 Å². The van der Waals surface area contributed by atoms with Crippen molar-refractivity contribution in [3.8, 4) is 12.3 Å². The predicted octanol–water partition coefficient (Wildman–Crippen LogP) is 1.37. The average molecular weight is 296 g/mol. The fraction of sp³-hybridized carbons (Fsp3) is 0.176. The fourth-order valence-electron chi connectivity index (χ4n) is 1.96. The number of carbonyl (C=O) groups excluding carboxylic acids is 2. The molecule has 0 spiro atoms. The first-order chi connectivity index (χ1) is 10.7. The van der Waals surface area contributed by atoms with Gasteiger partial charge < -0.3 is 15.1 Å². The molecule has 1 aromatic carbocycles. The molecular weight excluding hydrogens is 280 g/mol. The lowest BCUT2D eigenvalue weighted by molar-refractivity contribution is -0.122. The first-order valence-electron chi connectivity index (χ1n) is 6.80. The third kappa shape index (κ3) is 4.25. The van der Waals surface area contributed by atoms with Crippen LogP contribution in [0.5, 0.6) is 0 Å². The van der Waals surface area contributed by atoms with E-state index in [2.05, 4.69) is 16.6 Å². The van der Waals surface area contributed by atoms with Crippen molar-refractivity contribution in [2.24, 2.45) is 0 Å². The molecule has 22 heavy (non-hydrogen) atoms. The highest BCUT2D eigenvalue weighted by molar-refractivity contribution is 5.95. The van der Waals surface area contributed by atoms with Gasteiger partial charge in [-0.25, -0.2) is 0 Å². The van der Waals surface area contributed by atoms with E-state index in [-0.39, 0.29) is 18.2 Å². The van der Waals surface area contributed by atoms with Gasteiger partial charge in [0, 0.05) is 6.42 Å². The first kappa shape index (κ1) is 15.4. The van der Waals surface area contributed by atoms with Gasteiger partial charge in [-0.1, -0.05) is 36.3 Å². The number of carbonyl (C=O) groups is 2. The average Bonchev–Trinajstić information content (AvgIpc) is 3.07. The minimum Gasteiger partial charge on any atom is -0.459 e. The van der Waals surface area contributed by atoms with Crippen LogP contribution < -0.4 is 10.6 Å². The maximum Gasteiger partial charge on any atom is 0.287 e. The Morgan fingerprint density at radius 3 is 2.59 bits per heavy atom. The van der Waals surface area contributed by atoms with Gasteiger partial charge in [0.2, 0.25) is 5.91 Å². The molecular formula is C17H16N2O3. The summed E-state index contributed by atoms with van der Waals surface area (Å²) < 4.78 is 5.03. The lowest BCUT2D eigenvalue weighted by Gasteiger charge is -2.17. The molecule has 0 unspecified atom stereocenters. The van der Waals surface area contributed by atoms with Crippen LogP contribution in [0.15, 0.2) is 53.1 Å². The molecule has 1 aromatic heterocycles. The predicted molar refractivity (Wildman–Crippen MR) is 82.0 cm³/mol. The van der Waals surface area contributed by atoms with Crippen LogP contribution >= 0.6 is 0 Å². The monoisotopic (exact) mass is 296 g/mol. The van der Waals surface area contributed by atoms with Crippen LogP contribution in [0.1, 0.15) is 16.1 Å². The first-order valence-corrected chi connectivity index (χ1v) is 6.80. The van der Waals surface area contributed by atoms with Crippen LogP contribution in [0.25, 0.3) is 0 Å². The Labute approximate surface area is 128 Å². The van der Waals surface area contributed by atoms with Crippen molar-refractivity contribution in [3.05, 3.63) is 60.1 Å². The highest BCUT2D eigenvalue weighted by Crippen LogP contribution is 2.06. The lowest BCUT2D eigenvalue weighted by Crippen LogP contribution is -2.48. The van der Waals surface area contributed by atoms with E-state index < -0.39 is 11.9 Å². The summed E-state index contributed by atoms with van der Waals surface area (Å²) in [5.41, 5.74) is 0.933. The second kappa shape index (κ2) is 7.70. The molecule has 0 aliphatic rings. The van der Waals surface area contributed by atoms with Crippen molar-refractivity contribution in [3.63, 3.8) is 0 Å². The van der Waals surface area contributed by atoms with E-state index in [1.165, 1.54) is 12.3 Å². The fourth-order valence-corrected chi connectivity index (χ4v) is 1.96. The SMILES string of the molecule is C#CCNC(=O)[C@@H](Cc1ccccc1)NC(=O)c1ccco1. The summed E-state index contributed by atoms with van der Waals surface area (Å²) in [6, 6.07) is 11.8. The van der Waals surface area contributed by atoms with E-state index in [9.17, 15) is 9.59 Å². The quantitative estimate of drug-likeness (QED) is 0.791. The largest absolute Gasteiger partial charge is 0.459 e. The second-order valence-corrected chi connectivity index (χ2v) is 4.62. The molecule has 5 nitrogen and oxygen atoms in total. The van der Waals surface area contributed by atoms with Crippen LogP contribution in [0.4, 0.5) is 0 Å². The molecule has 5 heteroatoms. The molecule has 0 aliphatic carbocycles. The highest BCUT2D eigenvalue weighted by atomic mass is 16.3. The van der Waals surface area contributed by atoms with E-state index in [4.69, 9.17) is 10.8 Å². The Hall–Kier alpha value is -3.00. The van der Waals surface area contributed by atoms with Gasteiger partial charge in [0.05, 0.1) is 12.8 Å². The van der Waals surface area contributed by atoms with Crippen LogP contribution in [-0.4, -0.2) is 24.4 Å². The Kier molecular flexibility index (Phi) is 5.38. The molecule has 0 saturated carbocycles. The Bertz CT molecular complexity index is 657. The number of furan rings is 1. The van der Waals surface area contributed by atoms with Crippen LogP contribution in [0.2, 0.25) is 0 Å². The zero-order valence-electron chi connectivity index (χ0n) is 11.9. The smallest absolute Gasteiger partial charge is 0.287 e. The van der Waals surface area contributed by atoms with Gasteiger partial charge in [0.1, 0.15) is 6.04 Å². The summed E-state index contributed by atoms with van der Waals surface area (Å²) in [6.45, 7) is 0.112. The van der Waals surface area contributed by atoms with Crippen molar-refractivity contribution < 1.29 is 14.0 Å². The zero-order chi connectivity index (χ0) is 15.8. The highest BCUT2D eigenvalue weighted by Gasteiger charge is 2.22. The van der Waals surface area contributed by atoms with E-state index in [1.807, 2.05) is 30.3 Å². The molecule has 0 bridgehead atoms. The molecule has 0 radical (unpaired) electrons. The Morgan fingerprint density at radius 2 is 1.95 bits per heavy atom. The maximum absolute atomic E-state index is 12.2. The number of amides is 2. The normalized spacial score (nSPS) is 11.2. The number of benzene rings is 1. The van der Waals surface area contributed by atoms with Crippen molar-refractivity contribution in [1.82, 2.24) is 10.6 Å². The number of terminal acetylenes is 1. The summed E-state index contributed by atoms with van der Waals surface area (Å²) in [4.78, 5) is 24.2. The molecule has 2 rings (SSSR count). The summed E-state index contributed by atoms with van der Waals surface area (Å²) in [5.74, 6) is 1.72. The number of hydrogen-bond acceptors (Lipinski definition) is 3. The van der Waals surface area contributed by atoms with Gasteiger partial charge in [-0.3, -0.25) is 9.59 Å². The topological polar surface area (TPSA) is 71.3 Å². The summed E-state index contributed by atoms with van der Waals surface area (Å²) >= 11 is 0. The van der Waals surface area contributed by atoms with Crippen molar-refractivity contribution in [2.75, 3.05) is 6.54 Å². The summed E-state index contributed by atoms with van der Waals surface area (Å²) in [5, 5.41) is 5.25. The molecule has 0 fully saturated rings. The summed E-state index contributed by atoms with van der Waals surface area (Å²) in [6.07, 6.45) is 6.91. The Morgan fingerprint density at radius 1 is 1.18 bits per heavy atom. The minimum absolute atomic E-state index is 0.112. The molecule has 1 heterocycles. The molecule has 2 aromatic rings. The van der Waals surface area contributed by atoms with E-state index in [0.717, 1.165) is 5.56 Å². The number of rotatable bonds is 6. The second-order valence-electron chi connectivity index (χ2n) is 4.62. The number of nitrogens with one attached hydrogen (secondary N) is 2. The molecule has 0 saturated heterocycles. The van der Waals surface area contributed by atoms with Gasteiger partial charge >= 0.3 is 0 Å². The molecule has 2 N–H and O–H groups in total. The van der Waals surface area contributed by atoms with Crippen molar-refractivity contribution in [2.45, 2.75) is 12.5 Å². The van der Waals surface area contributed by atoms with E-state index in [0.29, 0.717) is 6.42 Å². The maximum atomic E-state index is 12.2. The van der Waals surface area contributed by atoms with Crippen molar-refractivity contribution in [1.29, 1.82) is 0 Å².